The van der Waals surface area contributed by atoms with E-state index in [2.05, 4.69) is 51.7 Å². The van der Waals surface area contributed by atoms with Crippen LogP contribution in [0.3, 0.4) is 0 Å². The Morgan fingerprint density at radius 3 is 2.26 bits per heavy atom. The van der Waals surface area contributed by atoms with Crippen LogP contribution in [0.5, 0.6) is 17.2 Å². The van der Waals surface area contributed by atoms with Crippen molar-refractivity contribution in [2.45, 2.75) is 25.9 Å². The molecule has 2 aromatic carbocycles. The molecule has 8 heteroatoms. The van der Waals surface area contributed by atoms with Gasteiger partial charge in [0.05, 0.1) is 21.3 Å². The third-order valence-electron chi connectivity index (χ3n) is 5.34. The second-order valence-electron chi connectivity index (χ2n) is 7.37. The number of ether oxygens (including phenoxy) is 3. The Kier molecular flexibility index (Phi) is 9.54. The average molecular weight is 540 g/mol. The quantitative estimate of drug-likeness (QED) is 0.318. The summed E-state index contributed by atoms with van der Waals surface area (Å²) in [4.78, 5) is 6.79. The molecule has 3 rings (SSSR count). The summed E-state index contributed by atoms with van der Waals surface area (Å²) in [6, 6.07) is 12.9. The normalized spacial score (nSPS) is 15.8. The first-order valence-corrected chi connectivity index (χ1v) is 10.2. The van der Waals surface area contributed by atoms with Gasteiger partial charge in [0.2, 0.25) is 5.75 Å². The van der Waals surface area contributed by atoms with Gasteiger partial charge < -0.3 is 29.7 Å². The second kappa shape index (κ2) is 11.9. The van der Waals surface area contributed by atoms with E-state index in [-0.39, 0.29) is 24.0 Å². The number of hydrogen-bond acceptors (Lipinski definition) is 5. The lowest BCUT2D eigenvalue weighted by atomic mass is 10.2. The molecule has 0 amide bonds. The molecule has 1 aliphatic heterocycles. The largest absolute Gasteiger partial charge is 0.493 e. The van der Waals surface area contributed by atoms with Crippen LogP contribution in [0, 0.1) is 6.92 Å². The molecule has 2 N–H and O–H groups in total. The molecule has 0 saturated carbocycles. The zero-order chi connectivity index (χ0) is 21.5. The zero-order valence-corrected chi connectivity index (χ0v) is 21.2. The molecule has 1 unspecified atom stereocenters. The van der Waals surface area contributed by atoms with Crippen molar-refractivity contribution in [2.24, 2.45) is 4.99 Å². The van der Waals surface area contributed by atoms with E-state index in [9.17, 15) is 0 Å². The Hall–Kier alpha value is -2.36. The molecular weight excluding hydrogens is 507 g/mol. The average Bonchev–Trinajstić information content (AvgIpc) is 3.24. The van der Waals surface area contributed by atoms with Crippen molar-refractivity contribution in [2.75, 3.05) is 46.4 Å². The molecule has 1 saturated heterocycles. The van der Waals surface area contributed by atoms with E-state index >= 15 is 0 Å². The van der Waals surface area contributed by atoms with Crippen LogP contribution in [-0.2, 0) is 6.54 Å². The Labute approximate surface area is 202 Å². The number of aryl methyl sites for hydroxylation is 1. The molecule has 7 nitrogen and oxygen atoms in total. The lowest BCUT2D eigenvalue weighted by Crippen LogP contribution is -2.44. The predicted molar refractivity (Wildman–Crippen MR) is 137 cm³/mol. The van der Waals surface area contributed by atoms with E-state index in [1.54, 1.807) is 28.4 Å². The molecule has 0 spiro atoms. The van der Waals surface area contributed by atoms with Gasteiger partial charge in [0.15, 0.2) is 17.5 Å². The van der Waals surface area contributed by atoms with Crippen molar-refractivity contribution >= 4 is 35.6 Å². The fourth-order valence-electron chi connectivity index (χ4n) is 3.68. The highest BCUT2D eigenvalue weighted by Crippen LogP contribution is 2.38. The number of benzene rings is 2. The minimum atomic E-state index is 0. The van der Waals surface area contributed by atoms with Gasteiger partial charge >= 0.3 is 0 Å². The number of rotatable bonds is 7. The van der Waals surface area contributed by atoms with Crippen molar-refractivity contribution in [3.63, 3.8) is 0 Å². The minimum absolute atomic E-state index is 0. The highest BCUT2D eigenvalue weighted by atomic mass is 127. The summed E-state index contributed by atoms with van der Waals surface area (Å²) in [6.07, 6.45) is 1.07. The maximum absolute atomic E-state index is 5.44. The van der Waals surface area contributed by atoms with E-state index < -0.39 is 0 Å². The maximum atomic E-state index is 5.44. The third-order valence-corrected chi connectivity index (χ3v) is 5.34. The van der Waals surface area contributed by atoms with Gasteiger partial charge in [-0.3, -0.25) is 4.99 Å². The van der Waals surface area contributed by atoms with Crippen LogP contribution >= 0.6 is 24.0 Å². The molecule has 0 aromatic heterocycles. The van der Waals surface area contributed by atoms with Gasteiger partial charge in [0.25, 0.3) is 0 Å². The molecule has 0 radical (unpaired) electrons. The van der Waals surface area contributed by atoms with Gasteiger partial charge in [-0.25, -0.2) is 0 Å². The number of nitrogens with zero attached hydrogens (tertiary/aromatic N) is 2. The first kappa shape index (κ1) is 24.9. The van der Waals surface area contributed by atoms with Gasteiger partial charge in [-0.05, 0) is 43.2 Å². The summed E-state index contributed by atoms with van der Waals surface area (Å²) in [5, 5.41) is 6.92. The number of guanidine groups is 1. The van der Waals surface area contributed by atoms with Crippen LogP contribution in [0.15, 0.2) is 41.4 Å². The van der Waals surface area contributed by atoms with Gasteiger partial charge in [-0.1, -0.05) is 17.7 Å². The molecule has 1 atom stereocenters. The van der Waals surface area contributed by atoms with Crippen molar-refractivity contribution < 1.29 is 14.2 Å². The highest BCUT2D eigenvalue weighted by molar-refractivity contribution is 14.0. The number of hydrogen-bond donors (Lipinski definition) is 2. The third kappa shape index (κ3) is 6.32. The SMILES string of the molecule is CN=C(NCc1cc(OC)c(OC)c(OC)c1)NC1CCN(c2ccc(C)cc2)C1.I. The van der Waals surface area contributed by atoms with Crippen LogP contribution < -0.4 is 29.7 Å². The fourth-order valence-corrected chi connectivity index (χ4v) is 3.68. The first-order valence-electron chi connectivity index (χ1n) is 10.2. The summed E-state index contributed by atoms with van der Waals surface area (Å²) in [7, 11) is 6.63. The maximum Gasteiger partial charge on any atom is 0.203 e. The molecule has 0 aliphatic carbocycles. The summed E-state index contributed by atoms with van der Waals surface area (Å²) < 4.78 is 16.3. The molecule has 31 heavy (non-hydrogen) atoms. The molecular formula is C23H33IN4O3. The number of methoxy groups -OCH3 is 3. The zero-order valence-electron chi connectivity index (χ0n) is 18.9. The smallest absolute Gasteiger partial charge is 0.203 e. The predicted octanol–water partition coefficient (Wildman–Crippen LogP) is 3.58. The van der Waals surface area contributed by atoms with Crippen LogP contribution in [0.2, 0.25) is 0 Å². The van der Waals surface area contributed by atoms with E-state index in [0.717, 1.165) is 31.0 Å². The van der Waals surface area contributed by atoms with Crippen molar-refractivity contribution in [3.8, 4) is 17.2 Å². The molecule has 2 aromatic rings. The van der Waals surface area contributed by atoms with Crippen LogP contribution in [-0.4, -0.2) is 53.5 Å². The standard InChI is InChI=1S/C23H32N4O3.HI/c1-16-6-8-19(9-7-16)27-11-10-18(15-27)26-23(24-2)25-14-17-12-20(28-3)22(30-5)21(13-17)29-4;/h6-9,12-13,18H,10-11,14-15H2,1-5H3,(H2,24,25,26);1H. The highest BCUT2D eigenvalue weighted by Gasteiger charge is 2.23. The van der Waals surface area contributed by atoms with Crippen molar-refractivity contribution in [3.05, 3.63) is 47.5 Å². The number of anilines is 1. The summed E-state index contributed by atoms with van der Waals surface area (Å²) in [5.41, 5.74) is 3.56. The van der Waals surface area contributed by atoms with Crippen molar-refractivity contribution in [1.29, 1.82) is 0 Å². The lowest BCUT2D eigenvalue weighted by molar-refractivity contribution is 0.323. The van der Waals surface area contributed by atoms with Gasteiger partial charge in [0, 0.05) is 38.4 Å². The molecule has 1 fully saturated rings. The van der Waals surface area contributed by atoms with E-state index in [1.807, 2.05) is 12.1 Å². The second-order valence-corrected chi connectivity index (χ2v) is 7.37. The number of halogens is 1. The van der Waals surface area contributed by atoms with Crippen LogP contribution in [0.4, 0.5) is 5.69 Å². The Bertz CT molecular complexity index is 849. The van der Waals surface area contributed by atoms with E-state index in [1.165, 1.54) is 11.3 Å². The van der Waals surface area contributed by atoms with Crippen molar-refractivity contribution in [1.82, 2.24) is 10.6 Å². The summed E-state index contributed by atoms with van der Waals surface area (Å²) >= 11 is 0. The summed E-state index contributed by atoms with van der Waals surface area (Å²) in [5.74, 6) is 2.65. The van der Waals surface area contributed by atoms with E-state index in [0.29, 0.717) is 29.8 Å². The Morgan fingerprint density at radius 2 is 1.71 bits per heavy atom. The molecule has 0 bridgehead atoms. The van der Waals surface area contributed by atoms with Crippen LogP contribution in [0.1, 0.15) is 17.5 Å². The van der Waals surface area contributed by atoms with Gasteiger partial charge in [0.1, 0.15) is 0 Å². The Balaban J connectivity index is 0.00000341. The van der Waals surface area contributed by atoms with Gasteiger partial charge in [-0.15, -0.1) is 24.0 Å². The number of nitrogens with one attached hydrogen (secondary N) is 2. The summed E-state index contributed by atoms with van der Waals surface area (Å²) in [6.45, 7) is 4.69. The first-order chi connectivity index (χ1) is 14.6. The molecule has 1 aliphatic rings. The van der Waals surface area contributed by atoms with E-state index in [4.69, 9.17) is 14.2 Å². The monoisotopic (exact) mass is 540 g/mol. The van der Waals surface area contributed by atoms with Crippen LogP contribution in [0.25, 0.3) is 0 Å². The minimum Gasteiger partial charge on any atom is -0.493 e. The lowest BCUT2D eigenvalue weighted by Gasteiger charge is -2.21. The fraction of sp³-hybridized carbons (Fsp3) is 0.435. The molecule has 1 heterocycles. The van der Waals surface area contributed by atoms with Gasteiger partial charge in [-0.2, -0.15) is 0 Å². The number of aliphatic imine (C=N–C) groups is 1. The molecule has 170 valence electrons. The topological polar surface area (TPSA) is 67.4 Å². The Morgan fingerprint density at radius 1 is 1.06 bits per heavy atom.